The predicted octanol–water partition coefficient (Wildman–Crippen LogP) is 8.13. The van der Waals surface area contributed by atoms with Gasteiger partial charge in [0.2, 0.25) is 0 Å². The van der Waals surface area contributed by atoms with Crippen molar-refractivity contribution in [3.8, 4) is 22.3 Å². The van der Waals surface area contributed by atoms with Crippen molar-refractivity contribution >= 4 is 5.69 Å². The number of rotatable bonds is 8. The van der Waals surface area contributed by atoms with Crippen LogP contribution in [-0.2, 0) is 0 Å². The fraction of sp³-hybridized carbons (Fsp3) is 0.400. The van der Waals surface area contributed by atoms with Crippen LogP contribution in [0.5, 0.6) is 0 Å². The van der Waals surface area contributed by atoms with Crippen LogP contribution in [0.1, 0.15) is 63.9 Å². The molecule has 1 fully saturated rings. The molecule has 0 aromatic heterocycles. The Hall–Kier alpha value is -2.72. The highest BCUT2D eigenvalue weighted by Crippen LogP contribution is 2.40. The molecule has 34 heavy (non-hydrogen) atoms. The molecule has 3 aromatic rings. The molecule has 0 heterocycles. The minimum atomic E-state index is -0.746. The van der Waals surface area contributed by atoms with Gasteiger partial charge in [-0.3, -0.25) is 0 Å². The number of benzene rings is 3. The molecule has 1 aliphatic rings. The molecule has 4 rings (SSSR count). The smallest absolute Gasteiger partial charge is 0.166 e. The topological polar surface area (TPSA) is 38.0 Å². The monoisotopic (exact) mass is 462 g/mol. The van der Waals surface area contributed by atoms with Crippen molar-refractivity contribution < 1.29 is 8.78 Å². The van der Waals surface area contributed by atoms with Gasteiger partial charge >= 0.3 is 0 Å². The first kappa shape index (κ1) is 24.4. The lowest BCUT2D eigenvalue weighted by Gasteiger charge is -2.32. The van der Waals surface area contributed by atoms with Crippen molar-refractivity contribution in [2.75, 3.05) is 11.9 Å². The molecule has 180 valence electrons. The molecule has 4 heteroatoms. The van der Waals surface area contributed by atoms with Gasteiger partial charge in [0.15, 0.2) is 11.6 Å². The minimum Gasteiger partial charge on any atom is -0.385 e. The number of nitrogens with two attached hydrogens (primary N) is 1. The Morgan fingerprint density at radius 3 is 1.97 bits per heavy atom. The van der Waals surface area contributed by atoms with Gasteiger partial charge in [0.1, 0.15) is 0 Å². The fourth-order valence-corrected chi connectivity index (χ4v) is 5.19. The summed E-state index contributed by atoms with van der Waals surface area (Å²) >= 11 is 0. The molecule has 2 nitrogen and oxygen atoms in total. The summed E-state index contributed by atoms with van der Waals surface area (Å²) in [5, 5.41) is 3.37. The molecule has 1 unspecified atom stereocenters. The Kier molecular flexibility index (Phi) is 7.99. The van der Waals surface area contributed by atoms with E-state index in [2.05, 4.69) is 43.4 Å². The molecule has 3 N–H and O–H groups in total. The third kappa shape index (κ3) is 5.33. The second-order valence-corrected chi connectivity index (χ2v) is 9.60. The van der Waals surface area contributed by atoms with Gasteiger partial charge in [-0.2, -0.15) is 0 Å². The fourth-order valence-electron chi connectivity index (χ4n) is 5.19. The van der Waals surface area contributed by atoms with Crippen LogP contribution in [0.15, 0.2) is 60.7 Å². The Morgan fingerprint density at radius 1 is 0.794 bits per heavy atom. The van der Waals surface area contributed by atoms with E-state index >= 15 is 8.78 Å². The van der Waals surface area contributed by atoms with E-state index in [1.165, 1.54) is 0 Å². The van der Waals surface area contributed by atoms with Crippen LogP contribution in [0.2, 0.25) is 0 Å². The van der Waals surface area contributed by atoms with E-state index in [0.717, 1.165) is 61.9 Å². The number of hydrogen-bond acceptors (Lipinski definition) is 2. The van der Waals surface area contributed by atoms with Gasteiger partial charge < -0.3 is 11.1 Å². The third-order valence-electron chi connectivity index (χ3n) is 7.39. The quantitative estimate of drug-likeness (QED) is 0.355. The van der Waals surface area contributed by atoms with E-state index in [-0.39, 0.29) is 12.0 Å². The first-order valence-electron chi connectivity index (χ1n) is 12.7. The van der Waals surface area contributed by atoms with Crippen molar-refractivity contribution in [2.45, 2.75) is 64.3 Å². The zero-order valence-electron chi connectivity index (χ0n) is 20.3. The zero-order valence-corrected chi connectivity index (χ0v) is 20.3. The van der Waals surface area contributed by atoms with E-state index < -0.39 is 11.6 Å². The molecule has 0 bridgehead atoms. The Balaban J connectivity index is 1.48. The van der Waals surface area contributed by atoms with Gasteiger partial charge in [0.05, 0.1) is 0 Å². The summed E-state index contributed by atoms with van der Waals surface area (Å²) in [5.74, 6) is -0.874. The first-order chi connectivity index (χ1) is 16.5. The van der Waals surface area contributed by atoms with Gasteiger partial charge in [0, 0.05) is 23.8 Å². The van der Waals surface area contributed by atoms with Crippen LogP contribution in [0, 0.1) is 17.6 Å². The first-order valence-corrected chi connectivity index (χ1v) is 12.7. The molecule has 0 spiro atoms. The molecule has 0 saturated heterocycles. The molecule has 0 amide bonds. The lowest BCUT2D eigenvalue weighted by atomic mass is 9.75. The minimum absolute atomic E-state index is 0.0704. The standard InChI is InChI=1S/C30H36F2N2/c1-3-19-34-25-15-13-21(14-16-25)20-5-7-22(8-6-20)26-17-18-27(30(32)29(26)31)23-9-11-24(12-10-23)28(33)4-2/h5-8,13-18,23-24,28,34H,3-4,9-12,19,33H2,1-2H3. The predicted molar refractivity (Wildman–Crippen MR) is 139 cm³/mol. The van der Waals surface area contributed by atoms with E-state index in [4.69, 9.17) is 5.73 Å². The molecule has 1 aliphatic carbocycles. The van der Waals surface area contributed by atoms with Crippen molar-refractivity contribution in [2.24, 2.45) is 11.7 Å². The van der Waals surface area contributed by atoms with Crippen LogP contribution in [0.4, 0.5) is 14.5 Å². The third-order valence-corrected chi connectivity index (χ3v) is 7.39. The lowest BCUT2D eigenvalue weighted by molar-refractivity contribution is 0.274. The maximum Gasteiger partial charge on any atom is 0.166 e. The molecule has 1 atom stereocenters. The maximum atomic E-state index is 15.1. The summed E-state index contributed by atoms with van der Waals surface area (Å²) in [6.45, 7) is 5.20. The van der Waals surface area contributed by atoms with Crippen LogP contribution in [-0.4, -0.2) is 12.6 Å². The van der Waals surface area contributed by atoms with Gasteiger partial charge in [-0.25, -0.2) is 8.78 Å². The normalized spacial score (nSPS) is 19.1. The second kappa shape index (κ2) is 11.1. The summed E-state index contributed by atoms with van der Waals surface area (Å²) in [6.07, 6.45) is 5.76. The Bertz CT molecular complexity index is 1070. The van der Waals surface area contributed by atoms with E-state index in [9.17, 15) is 0 Å². The van der Waals surface area contributed by atoms with Crippen LogP contribution in [0.3, 0.4) is 0 Å². The van der Waals surface area contributed by atoms with E-state index in [1.54, 1.807) is 12.1 Å². The van der Waals surface area contributed by atoms with Gasteiger partial charge in [0.25, 0.3) is 0 Å². The van der Waals surface area contributed by atoms with E-state index in [0.29, 0.717) is 22.6 Å². The largest absolute Gasteiger partial charge is 0.385 e. The highest BCUT2D eigenvalue weighted by Gasteiger charge is 2.28. The van der Waals surface area contributed by atoms with Crippen molar-refractivity contribution in [1.82, 2.24) is 0 Å². The molecular formula is C30H36F2N2. The summed E-state index contributed by atoms with van der Waals surface area (Å²) in [4.78, 5) is 0. The summed E-state index contributed by atoms with van der Waals surface area (Å²) in [7, 11) is 0. The Morgan fingerprint density at radius 2 is 1.38 bits per heavy atom. The van der Waals surface area contributed by atoms with Gasteiger partial charge in [-0.05, 0) is 84.7 Å². The Labute approximate surface area is 202 Å². The number of anilines is 1. The highest BCUT2D eigenvalue weighted by atomic mass is 19.2. The molecule has 0 radical (unpaired) electrons. The van der Waals surface area contributed by atoms with Crippen LogP contribution >= 0.6 is 0 Å². The van der Waals surface area contributed by atoms with Gasteiger partial charge in [-0.15, -0.1) is 0 Å². The maximum absolute atomic E-state index is 15.1. The number of hydrogen-bond donors (Lipinski definition) is 2. The molecule has 3 aromatic carbocycles. The number of halogens is 2. The molecule has 0 aliphatic heterocycles. The number of nitrogens with one attached hydrogen (secondary N) is 1. The van der Waals surface area contributed by atoms with Crippen LogP contribution < -0.4 is 11.1 Å². The average Bonchev–Trinajstić information content (AvgIpc) is 2.89. The lowest BCUT2D eigenvalue weighted by Crippen LogP contribution is -2.32. The van der Waals surface area contributed by atoms with E-state index in [1.807, 2.05) is 24.3 Å². The summed E-state index contributed by atoms with van der Waals surface area (Å²) in [5.41, 5.74) is 11.0. The second-order valence-electron chi connectivity index (χ2n) is 9.60. The van der Waals surface area contributed by atoms with Crippen molar-refractivity contribution in [1.29, 1.82) is 0 Å². The average molecular weight is 463 g/mol. The van der Waals surface area contributed by atoms with Crippen LogP contribution in [0.25, 0.3) is 22.3 Å². The molecule has 1 saturated carbocycles. The summed E-state index contributed by atoms with van der Waals surface area (Å²) < 4.78 is 30.2. The zero-order chi connectivity index (χ0) is 24.1. The molecular weight excluding hydrogens is 426 g/mol. The van der Waals surface area contributed by atoms with Crippen molar-refractivity contribution in [3.63, 3.8) is 0 Å². The summed E-state index contributed by atoms with van der Waals surface area (Å²) in [6, 6.07) is 19.7. The van der Waals surface area contributed by atoms with Crippen molar-refractivity contribution in [3.05, 3.63) is 77.9 Å². The SMILES string of the molecule is CCCNc1ccc(-c2ccc(-c3ccc(C4CCC(C(N)CC)CC4)c(F)c3F)cc2)cc1. The highest BCUT2D eigenvalue weighted by molar-refractivity contribution is 5.72. The van der Waals surface area contributed by atoms with Gasteiger partial charge in [-0.1, -0.05) is 62.4 Å².